The molecule has 0 spiro atoms. The van der Waals surface area contributed by atoms with Crippen LogP contribution in [0.3, 0.4) is 0 Å². The van der Waals surface area contributed by atoms with Crippen LogP contribution in [0.2, 0.25) is 0 Å². The summed E-state index contributed by atoms with van der Waals surface area (Å²) < 4.78 is 0.898. The van der Waals surface area contributed by atoms with Crippen LogP contribution in [0.5, 0.6) is 0 Å². The predicted octanol–water partition coefficient (Wildman–Crippen LogP) is 3.10. The summed E-state index contributed by atoms with van der Waals surface area (Å²) in [4.78, 5) is 39.4. The number of nitrogens with zero attached hydrogens (tertiary/aromatic N) is 3. The van der Waals surface area contributed by atoms with Crippen molar-refractivity contribution in [1.29, 1.82) is 0 Å². The topological polar surface area (TPSA) is 70.1 Å². The molecule has 2 heterocycles. The van der Waals surface area contributed by atoms with Gasteiger partial charge in [-0.3, -0.25) is 19.3 Å². The minimum absolute atomic E-state index is 0.0548. The summed E-state index contributed by atoms with van der Waals surface area (Å²) in [5, 5.41) is 5.76. The van der Waals surface area contributed by atoms with Crippen molar-refractivity contribution in [1.82, 2.24) is 9.91 Å². The maximum absolute atomic E-state index is 13.0. The SMILES string of the molecule is C[C@]1(c2ccc(Br)cc2)CC(=O)N(CC(=O)N2CCC(c3ccccc3)=N2)C1=O. The second-order valence-electron chi connectivity index (χ2n) is 7.48. The van der Waals surface area contributed by atoms with Gasteiger partial charge in [0.1, 0.15) is 6.54 Å². The normalized spacial score (nSPS) is 21.7. The summed E-state index contributed by atoms with van der Waals surface area (Å²) >= 11 is 3.38. The zero-order chi connectivity index (χ0) is 20.6. The third-order valence-corrected chi connectivity index (χ3v) is 6.02. The highest BCUT2D eigenvalue weighted by atomic mass is 79.9. The summed E-state index contributed by atoms with van der Waals surface area (Å²) in [6, 6.07) is 17.0. The molecule has 0 aliphatic carbocycles. The zero-order valence-electron chi connectivity index (χ0n) is 16.0. The number of hydrazone groups is 1. The highest BCUT2D eigenvalue weighted by molar-refractivity contribution is 9.10. The molecule has 0 N–H and O–H groups in total. The van der Waals surface area contributed by atoms with Crippen molar-refractivity contribution in [3.05, 3.63) is 70.2 Å². The molecule has 0 saturated carbocycles. The number of benzene rings is 2. The van der Waals surface area contributed by atoms with Crippen molar-refractivity contribution < 1.29 is 14.4 Å². The van der Waals surface area contributed by atoms with Gasteiger partial charge in [0.25, 0.3) is 5.91 Å². The first-order chi connectivity index (χ1) is 13.9. The first-order valence-corrected chi connectivity index (χ1v) is 10.2. The Morgan fingerprint density at radius 1 is 1.10 bits per heavy atom. The molecule has 29 heavy (non-hydrogen) atoms. The van der Waals surface area contributed by atoms with Crippen LogP contribution in [0.15, 0.2) is 64.2 Å². The van der Waals surface area contributed by atoms with Crippen molar-refractivity contribution in [3.63, 3.8) is 0 Å². The molecular formula is C22H20BrN3O3. The van der Waals surface area contributed by atoms with Gasteiger partial charge >= 0.3 is 0 Å². The van der Waals surface area contributed by atoms with Gasteiger partial charge in [-0.2, -0.15) is 5.10 Å². The number of likely N-dealkylation sites (tertiary alicyclic amines) is 1. The molecule has 2 aromatic carbocycles. The van der Waals surface area contributed by atoms with E-state index >= 15 is 0 Å². The highest BCUT2D eigenvalue weighted by Gasteiger charge is 2.50. The summed E-state index contributed by atoms with van der Waals surface area (Å²) in [6.45, 7) is 1.92. The Labute approximate surface area is 177 Å². The molecule has 0 radical (unpaired) electrons. The first kappa shape index (κ1) is 19.5. The lowest BCUT2D eigenvalue weighted by atomic mass is 9.81. The van der Waals surface area contributed by atoms with Gasteiger partial charge in [0, 0.05) is 17.3 Å². The fourth-order valence-corrected chi connectivity index (χ4v) is 4.04. The third kappa shape index (κ3) is 3.62. The number of carbonyl (C=O) groups excluding carboxylic acids is 3. The van der Waals surface area contributed by atoms with Crippen molar-refractivity contribution in [3.8, 4) is 0 Å². The van der Waals surface area contributed by atoms with E-state index in [1.54, 1.807) is 6.92 Å². The van der Waals surface area contributed by atoms with Crippen LogP contribution in [0.4, 0.5) is 0 Å². The Bertz CT molecular complexity index is 1000. The molecule has 0 unspecified atom stereocenters. The Hall–Kier alpha value is -2.80. The van der Waals surface area contributed by atoms with Gasteiger partial charge < -0.3 is 0 Å². The molecule has 6 nitrogen and oxygen atoms in total. The van der Waals surface area contributed by atoms with Crippen LogP contribution in [0.1, 0.15) is 30.9 Å². The Kier molecular flexibility index (Phi) is 5.08. The van der Waals surface area contributed by atoms with Crippen molar-refractivity contribution in [2.24, 2.45) is 5.10 Å². The summed E-state index contributed by atoms with van der Waals surface area (Å²) in [5.41, 5.74) is 1.61. The Morgan fingerprint density at radius 2 is 1.79 bits per heavy atom. The van der Waals surface area contributed by atoms with Gasteiger partial charge in [-0.05, 0) is 30.2 Å². The van der Waals surface area contributed by atoms with E-state index in [0.717, 1.165) is 26.2 Å². The number of hydrogen-bond acceptors (Lipinski definition) is 4. The minimum atomic E-state index is -0.957. The molecular weight excluding hydrogens is 434 g/mol. The summed E-state index contributed by atoms with van der Waals surface area (Å²) in [7, 11) is 0. The molecule has 1 atom stereocenters. The number of imide groups is 1. The number of carbonyl (C=O) groups is 3. The molecule has 148 valence electrons. The first-order valence-electron chi connectivity index (χ1n) is 9.42. The fraction of sp³-hybridized carbons (Fsp3) is 0.273. The summed E-state index contributed by atoms with van der Waals surface area (Å²) in [6.07, 6.45) is 0.702. The molecule has 2 aliphatic rings. The lowest BCUT2D eigenvalue weighted by Gasteiger charge is -2.23. The lowest BCUT2D eigenvalue weighted by molar-refractivity contribution is -0.146. The van der Waals surface area contributed by atoms with E-state index < -0.39 is 5.41 Å². The predicted molar refractivity (Wildman–Crippen MR) is 112 cm³/mol. The lowest BCUT2D eigenvalue weighted by Crippen LogP contribution is -2.42. The van der Waals surface area contributed by atoms with Gasteiger partial charge in [-0.1, -0.05) is 58.4 Å². The number of amides is 3. The van der Waals surface area contributed by atoms with Crippen LogP contribution >= 0.6 is 15.9 Å². The monoisotopic (exact) mass is 453 g/mol. The largest absolute Gasteiger partial charge is 0.274 e. The molecule has 2 aromatic rings. The Balaban J connectivity index is 1.49. The van der Waals surface area contributed by atoms with E-state index in [4.69, 9.17) is 0 Å². The van der Waals surface area contributed by atoms with Gasteiger partial charge in [0.05, 0.1) is 17.7 Å². The number of hydrogen-bond donors (Lipinski definition) is 0. The second kappa shape index (κ2) is 7.55. The maximum atomic E-state index is 13.0. The quantitative estimate of drug-likeness (QED) is 0.667. The minimum Gasteiger partial charge on any atom is -0.274 e. The van der Waals surface area contributed by atoms with Crippen LogP contribution in [0.25, 0.3) is 0 Å². The van der Waals surface area contributed by atoms with E-state index in [-0.39, 0.29) is 30.7 Å². The van der Waals surface area contributed by atoms with Crippen LogP contribution in [-0.2, 0) is 19.8 Å². The van der Waals surface area contributed by atoms with Gasteiger partial charge in [0.2, 0.25) is 11.8 Å². The van der Waals surface area contributed by atoms with E-state index in [9.17, 15) is 14.4 Å². The average molecular weight is 454 g/mol. The van der Waals surface area contributed by atoms with E-state index in [1.165, 1.54) is 5.01 Å². The van der Waals surface area contributed by atoms with E-state index in [1.807, 2.05) is 54.6 Å². The molecule has 2 aliphatic heterocycles. The van der Waals surface area contributed by atoms with Gasteiger partial charge in [-0.25, -0.2) is 5.01 Å². The van der Waals surface area contributed by atoms with Crippen LogP contribution in [0, 0.1) is 0 Å². The Morgan fingerprint density at radius 3 is 2.48 bits per heavy atom. The second-order valence-corrected chi connectivity index (χ2v) is 8.40. The fourth-order valence-electron chi connectivity index (χ4n) is 3.78. The molecule has 0 aromatic heterocycles. The standard InChI is InChI=1S/C22H20BrN3O3/c1-22(16-7-9-17(23)10-8-16)13-19(27)25(21(22)29)14-20(28)26-12-11-18(24-26)15-5-3-2-4-6-15/h2-10H,11-14H2,1H3/t22-/m1/s1. The molecule has 7 heteroatoms. The van der Waals surface area contributed by atoms with Crippen molar-refractivity contribution >= 4 is 39.4 Å². The van der Waals surface area contributed by atoms with Crippen molar-refractivity contribution in [2.75, 3.05) is 13.1 Å². The van der Waals surface area contributed by atoms with Gasteiger partial charge in [0.15, 0.2) is 0 Å². The van der Waals surface area contributed by atoms with Crippen molar-refractivity contribution in [2.45, 2.75) is 25.2 Å². The number of rotatable bonds is 4. The molecule has 3 amide bonds. The average Bonchev–Trinajstić information content (AvgIpc) is 3.29. The van der Waals surface area contributed by atoms with Crippen LogP contribution < -0.4 is 0 Å². The molecule has 0 bridgehead atoms. The zero-order valence-corrected chi connectivity index (χ0v) is 17.6. The molecule has 1 fully saturated rings. The van der Waals surface area contributed by atoms with Crippen LogP contribution in [-0.4, -0.2) is 46.4 Å². The highest BCUT2D eigenvalue weighted by Crippen LogP contribution is 2.36. The number of halogens is 1. The van der Waals surface area contributed by atoms with E-state index in [2.05, 4.69) is 21.0 Å². The molecule has 4 rings (SSSR count). The van der Waals surface area contributed by atoms with E-state index in [0.29, 0.717) is 13.0 Å². The smallest absolute Gasteiger partial charge is 0.262 e. The molecule has 1 saturated heterocycles. The summed E-state index contributed by atoms with van der Waals surface area (Å²) in [5.74, 6) is -1.03. The third-order valence-electron chi connectivity index (χ3n) is 5.49. The maximum Gasteiger partial charge on any atom is 0.262 e. The van der Waals surface area contributed by atoms with Gasteiger partial charge in [-0.15, -0.1) is 0 Å².